The van der Waals surface area contributed by atoms with Crippen LogP contribution in [0.2, 0.25) is 0 Å². The third-order valence-electron chi connectivity index (χ3n) is 3.86. The van der Waals surface area contributed by atoms with Crippen LogP contribution in [0.3, 0.4) is 0 Å². The quantitative estimate of drug-likeness (QED) is 0.876. The van der Waals surface area contributed by atoms with Gasteiger partial charge in [-0.1, -0.05) is 19.3 Å². The molecule has 21 heavy (non-hydrogen) atoms. The number of aryl methyl sites for hydroxylation is 1. The Hall–Kier alpha value is -2.04. The fourth-order valence-electron chi connectivity index (χ4n) is 2.58. The fraction of sp³-hybridized carbons (Fsp3) is 0.500. The predicted molar refractivity (Wildman–Crippen MR) is 81.8 cm³/mol. The van der Waals surface area contributed by atoms with Gasteiger partial charge in [-0.2, -0.15) is 0 Å². The molecule has 1 aliphatic rings. The minimum Gasteiger partial charge on any atom is -0.478 e. The number of nitrogens with zero attached hydrogens (tertiary/aromatic N) is 1. The third kappa shape index (κ3) is 4.21. The molecule has 0 aliphatic carbocycles. The van der Waals surface area contributed by atoms with Crippen LogP contribution in [0.25, 0.3) is 0 Å². The predicted octanol–water partition coefficient (Wildman–Crippen LogP) is 3.49. The van der Waals surface area contributed by atoms with E-state index in [2.05, 4.69) is 5.32 Å². The smallest absolute Gasteiger partial charge is 0.335 e. The molecule has 0 aromatic heterocycles. The Balaban J connectivity index is 2.02. The zero-order valence-electron chi connectivity index (χ0n) is 12.4. The molecule has 114 valence electrons. The van der Waals surface area contributed by atoms with Gasteiger partial charge in [0.2, 0.25) is 0 Å². The van der Waals surface area contributed by atoms with Gasteiger partial charge in [0.15, 0.2) is 0 Å². The highest BCUT2D eigenvalue weighted by Crippen LogP contribution is 2.18. The number of carboxylic acid groups (broad SMARTS) is 1. The molecule has 0 radical (unpaired) electrons. The van der Waals surface area contributed by atoms with Crippen LogP contribution >= 0.6 is 0 Å². The van der Waals surface area contributed by atoms with Gasteiger partial charge in [0, 0.05) is 18.8 Å². The van der Waals surface area contributed by atoms with Crippen molar-refractivity contribution in [2.24, 2.45) is 0 Å². The van der Waals surface area contributed by atoms with E-state index < -0.39 is 5.97 Å². The highest BCUT2D eigenvalue weighted by molar-refractivity contribution is 5.92. The average Bonchev–Trinajstić information content (AvgIpc) is 2.40. The Labute approximate surface area is 125 Å². The van der Waals surface area contributed by atoms with Crippen molar-refractivity contribution in [3.63, 3.8) is 0 Å². The van der Waals surface area contributed by atoms with Crippen LogP contribution in [0, 0.1) is 6.92 Å². The Morgan fingerprint density at radius 1 is 1.10 bits per heavy atom. The van der Waals surface area contributed by atoms with E-state index in [1.54, 1.807) is 19.1 Å². The van der Waals surface area contributed by atoms with E-state index in [0.29, 0.717) is 5.69 Å². The molecule has 2 N–H and O–H groups in total. The first kappa shape index (κ1) is 15.4. The first-order chi connectivity index (χ1) is 10.1. The van der Waals surface area contributed by atoms with Crippen molar-refractivity contribution < 1.29 is 14.7 Å². The Kier molecular flexibility index (Phi) is 5.20. The average molecular weight is 290 g/mol. The molecule has 0 atom stereocenters. The number of anilines is 1. The molecule has 1 aromatic rings. The maximum atomic E-state index is 12.3. The molecule has 1 fully saturated rings. The minimum atomic E-state index is -0.959. The zero-order valence-corrected chi connectivity index (χ0v) is 12.4. The second kappa shape index (κ2) is 7.11. The van der Waals surface area contributed by atoms with Gasteiger partial charge >= 0.3 is 12.0 Å². The van der Waals surface area contributed by atoms with Crippen LogP contribution in [-0.2, 0) is 0 Å². The number of hydrogen-bond donors (Lipinski definition) is 2. The monoisotopic (exact) mass is 290 g/mol. The number of benzene rings is 1. The molecule has 2 rings (SSSR count). The number of carbonyl (C=O) groups excluding carboxylic acids is 1. The number of hydrogen-bond acceptors (Lipinski definition) is 2. The molecule has 1 heterocycles. The first-order valence-corrected chi connectivity index (χ1v) is 7.48. The molecule has 5 nitrogen and oxygen atoms in total. The van der Waals surface area contributed by atoms with Crippen LogP contribution in [0.1, 0.15) is 48.0 Å². The van der Waals surface area contributed by atoms with Crippen molar-refractivity contribution in [1.29, 1.82) is 0 Å². The van der Waals surface area contributed by atoms with Gasteiger partial charge in [0.25, 0.3) is 0 Å². The topological polar surface area (TPSA) is 69.6 Å². The Morgan fingerprint density at radius 3 is 2.29 bits per heavy atom. The summed E-state index contributed by atoms with van der Waals surface area (Å²) >= 11 is 0. The van der Waals surface area contributed by atoms with Gasteiger partial charge in [0.05, 0.1) is 5.56 Å². The van der Waals surface area contributed by atoms with Gasteiger partial charge in [-0.15, -0.1) is 0 Å². The molecule has 2 amide bonds. The first-order valence-electron chi connectivity index (χ1n) is 7.48. The number of carboxylic acids is 1. The molecular formula is C16H22N2O3. The number of aromatic carboxylic acids is 1. The van der Waals surface area contributed by atoms with E-state index in [9.17, 15) is 9.59 Å². The van der Waals surface area contributed by atoms with Crippen LogP contribution < -0.4 is 5.32 Å². The zero-order chi connectivity index (χ0) is 15.2. The minimum absolute atomic E-state index is 0.0944. The van der Waals surface area contributed by atoms with E-state index in [1.807, 2.05) is 4.90 Å². The van der Waals surface area contributed by atoms with Crippen molar-refractivity contribution in [3.05, 3.63) is 29.3 Å². The summed E-state index contributed by atoms with van der Waals surface area (Å²) in [5.74, 6) is -0.959. The van der Waals surface area contributed by atoms with Crippen LogP contribution in [-0.4, -0.2) is 35.1 Å². The largest absolute Gasteiger partial charge is 0.478 e. The van der Waals surface area contributed by atoms with Gasteiger partial charge in [-0.3, -0.25) is 0 Å². The maximum absolute atomic E-state index is 12.3. The number of likely N-dealkylation sites (tertiary alicyclic amines) is 1. The molecule has 5 heteroatoms. The van der Waals surface area contributed by atoms with Crippen molar-refractivity contribution in [3.8, 4) is 0 Å². The standard InChI is InChI=1S/C16H22N2O3/c1-12-11-13(15(19)20)7-8-14(12)17-16(21)18-9-5-3-2-4-6-10-18/h7-8,11H,2-6,9-10H2,1H3,(H,17,21)(H,19,20). The number of nitrogens with one attached hydrogen (secondary N) is 1. The lowest BCUT2D eigenvalue weighted by Crippen LogP contribution is -2.37. The molecule has 0 saturated carbocycles. The van der Waals surface area contributed by atoms with Crippen LogP contribution in [0.4, 0.5) is 10.5 Å². The highest BCUT2D eigenvalue weighted by atomic mass is 16.4. The molecule has 1 saturated heterocycles. The number of carbonyl (C=O) groups is 2. The van der Waals surface area contributed by atoms with Crippen LogP contribution in [0.5, 0.6) is 0 Å². The highest BCUT2D eigenvalue weighted by Gasteiger charge is 2.16. The van der Waals surface area contributed by atoms with Crippen molar-refractivity contribution in [1.82, 2.24) is 4.90 Å². The summed E-state index contributed by atoms with van der Waals surface area (Å²) < 4.78 is 0. The van der Waals surface area contributed by atoms with Gasteiger partial charge in [-0.25, -0.2) is 9.59 Å². The van der Waals surface area contributed by atoms with E-state index in [1.165, 1.54) is 25.3 Å². The SMILES string of the molecule is Cc1cc(C(=O)O)ccc1NC(=O)N1CCCCCCC1. The number of amides is 2. The van der Waals surface area contributed by atoms with Gasteiger partial charge in [-0.05, 0) is 43.5 Å². The molecule has 1 aromatic carbocycles. The van der Waals surface area contributed by atoms with E-state index in [-0.39, 0.29) is 11.6 Å². The summed E-state index contributed by atoms with van der Waals surface area (Å²) in [5.41, 5.74) is 1.67. The lowest BCUT2D eigenvalue weighted by molar-refractivity contribution is 0.0697. The van der Waals surface area contributed by atoms with E-state index in [0.717, 1.165) is 31.5 Å². The summed E-state index contributed by atoms with van der Waals surface area (Å²) in [6.45, 7) is 3.38. The summed E-state index contributed by atoms with van der Waals surface area (Å²) in [4.78, 5) is 25.1. The summed E-state index contributed by atoms with van der Waals surface area (Å²) in [6, 6.07) is 4.65. The van der Waals surface area contributed by atoms with E-state index >= 15 is 0 Å². The molecule has 1 aliphatic heterocycles. The third-order valence-corrected chi connectivity index (χ3v) is 3.86. The van der Waals surface area contributed by atoms with Gasteiger partial charge in [0.1, 0.15) is 0 Å². The Bertz CT molecular complexity index is 520. The molecular weight excluding hydrogens is 268 g/mol. The number of urea groups is 1. The molecule has 0 unspecified atom stereocenters. The number of rotatable bonds is 2. The lowest BCUT2D eigenvalue weighted by Gasteiger charge is -2.25. The Morgan fingerprint density at radius 2 is 1.71 bits per heavy atom. The maximum Gasteiger partial charge on any atom is 0.335 e. The second-order valence-corrected chi connectivity index (χ2v) is 5.52. The normalized spacial score (nSPS) is 16.0. The summed E-state index contributed by atoms with van der Waals surface area (Å²) in [7, 11) is 0. The van der Waals surface area contributed by atoms with Crippen molar-refractivity contribution in [2.75, 3.05) is 18.4 Å². The van der Waals surface area contributed by atoms with Gasteiger partial charge < -0.3 is 15.3 Å². The van der Waals surface area contributed by atoms with Crippen LogP contribution in [0.15, 0.2) is 18.2 Å². The summed E-state index contributed by atoms with van der Waals surface area (Å²) in [5, 5.41) is 11.8. The molecule has 0 bridgehead atoms. The fourth-order valence-corrected chi connectivity index (χ4v) is 2.58. The molecule has 0 spiro atoms. The van der Waals surface area contributed by atoms with Crippen molar-refractivity contribution in [2.45, 2.75) is 39.0 Å². The second-order valence-electron chi connectivity index (χ2n) is 5.52. The van der Waals surface area contributed by atoms with Crippen molar-refractivity contribution >= 4 is 17.7 Å². The van der Waals surface area contributed by atoms with E-state index in [4.69, 9.17) is 5.11 Å². The summed E-state index contributed by atoms with van der Waals surface area (Å²) in [6.07, 6.45) is 5.70. The lowest BCUT2D eigenvalue weighted by atomic mass is 10.1.